The highest BCUT2D eigenvalue weighted by molar-refractivity contribution is 5.85. The van der Waals surface area contributed by atoms with Gasteiger partial charge in [0.2, 0.25) is 0 Å². The molecule has 0 aliphatic carbocycles. The van der Waals surface area contributed by atoms with E-state index in [-0.39, 0.29) is 12.4 Å². The Kier molecular flexibility index (Phi) is 5.96. The van der Waals surface area contributed by atoms with Gasteiger partial charge in [-0.25, -0.2) is 0 Å². The molecular weight excluding hydrogens is 232 g/mol. The van der Waals surface area contributed by atoms with Gasteiger partial charge in [-0.2, -0.15) is 0 Å². The molecule has 0 amide bonds. The molecule has 1 aromatic rings. The quantitative estimate of drug-likeness (QED) is 0.899. The second-order valence-electron chi connectivity index (χ2n) is 4.96. The standard InChI is InChI=1S/C14H22N2.ClH/c1-12-4-6-13(7-5-12)10-16-8-2-3-14(9-15)11-16;/h4-7,14H,2-3,8-11,15H2,1H3;1H. The topological polar surface area (TPSA) is 29.3 Å². The van der Waals surface area contributed by atoms with Crippen molar-refractivity contribution in [1.29, 1.82) is 0 Å². The second-order valence-corrected chi connectivity index (χ2v) is 4.96. The highest BCUT2D eigenvalue weighted by Crippen LogP contribution is 2.17. The lowest BCUT2D eigenvalue weighted by Gasteiger charge is -2.32. The lowest BCUT2D eigenvalue weighted by atomic mass is 9.98. The Morgan fingerprint density at radius 1 is 1.29 bits per heavy atom. The molecule has 1 heterocycles. The van der Waals surface area contributed by atoms with Gasteiger partial charge in [0, 0.05) is 13.1 Å². The number of likely N-dealkylation sites (tertiary alicyclic amines) is 1. The van der Waals surface area contributed by atoms with Crippen molar-refractivity contribution >= 4 is 12.4 Å². The van der Waals surface area contributed by atoms with Gasteiger partial charge in [-0.1, -0.05) is 29.8 Å². The van der Waals surface area contributed by atoms with Crippen molar-refractivity contribution in [2.45, 2.75) is 26.3 Å². The van der Waals surface area contributed by atoms with E-state index in [2.05, 4.69) is 36.1 Å². The molecule has 17 heavy (non-hydrogen) atoms. The first kappa shape index (κ1) is 14.5. The molecular formula is C14H23ClN2. The zero-order chi connectivity index (χ0) is 11.4. The maximum Gasteiger partial charge on any atom is 0.0233 e. The summed E-state index contributed by atoms with van der Waals surface area (Å²) in [4.78, 5) is 2.53. The van der Waals surface area contributed by atoms with Gasteiger partial charge in [-0.05, 0) is 44.3 Å². The van der Waals surface area contributed by atoms with Crippen molar-refractivity contribution in [3.8, 4) is 0 Å². The van der Waals surface area contributed by atoms with E-state index < -0.39 is 0 Å². The van der Waals surface area contributed by atoms with Crippen LogP contribution in [0.25, 0.3) is 0 Å². The third kappa shape index (κ3) is 4.30. The lowest BCUT2D eigenvalue weighted by molar-refractivity contribution is 0.171. The SMILES string of the molecule is Cc1ccc(CN2CCCC(CN)C2)cc1.Cl. The van der Waals surface area contributed by atoms with Crippen LogP contribution in [0.4, 0.5) is 0 Å². The fraction of sp³-hybridized carbons (Fsp3) is 0.571. The summed E-state index contributed by atoms with van der Waals surface area (Å²) in [7, 11) is 0. The molecule has 1 aliphatic rings. The van der Waals surface area contributed by atoms with Crippen LogP contribution < -0.4 is 5.73 Å². The van der Waals surface area contributed by atoms with Gasteiger partial charge < -0.3 is 5.73 Å². The number of piperidine rings is 1. The van der Waals surface area contributed by atoms with Crippen LogP contribution in [0.15, 0.2) is 24.3 Å². The number of nitrogens with two attached hydrogens (primary N) is 1. The van der Waals surface area contributed by atoms with E-state index in [1.807, 2.05) is 0 Å². The van der Waals surface area contributed by atoms with Crippen LogP contribution >= 0.6 is 12.4 Å². The minimum atomic E-state index is 0. The Morgan fingerprint density at radius 2 is 2.00 bits per heavy atom. The Bertz CT molecular complexity index is 323. The molecule has 0 spiro atoms. The monoisotopic (exact) mass is 254 g/mol. The first-order chi connectivity index (χ1) is 7.78. The van der Waals surface area contributed by atoms with Crippen molar-refractivity contribution in [3.05, 3.63) is 35.4 Å². The largest absolute Gasteiger partial charge is 0.330 e. The molecule has 2 nitrogen and oxygen atoms in total. The molecule has 1 fully saturated rings. The van der Waals surface area contributed by atoms with Crippen molar-refractivity contribution in [2.75, 3.05) is 19.6 Å². The summed E-state index contributed by atoms with van der Waals surface area (Å²) >= 11 is 0. The molecule has 2 rings (SSSR count). The molecule has 3 heteroatoms. The Hall–Kier alpha value is -0.570. The van der Waals surface area contributed by atoms with Crippen molar-refractivity contribution in [2.24, 2.45) is 11.7 Å². The number of aryl methyl sites for hydroxylation is 1. The van der Waals surface area contributed by atoms with Crippen LogP contribution in [0, 0.1) is 12.8 Å². The van der Waals surface area contributed by atoms with Crippen molar-refractivity contribution in [3.63, 3.8) is 0 Å². The zero-order valence-electron chi connectivity index (χ0n) is 10.6. The summed E-state index contributed by atoms with van der Waals surface area (Å²) in [6.07, 6.45) is 2.61. The zero-order valence-corrected chi connectivity index (χ0v) is 11.4. The minimum absolute atomic E-state index is 0. The first-order valence-corrected chi connectivity index (χ1v) is 6.26. The van der Waals surface area contributed by atoms with Crippen LogP contribution in [0.1, 0.15) is 24.0 Å². The maximum absolute atomic E-state index is 5.75. The third-order valence-electron chi connectivity index (χ3n) is 3.46. The molecule has 0 radical (unpaired) electrons. The van der Waals surface area contributed by atoms with Crippen LogP contribution in [0.2, 0.25) is 0 Å². The van der Waals surface area contributed by atoms with Gasteiger partial charge in [-0.3, -0.25) is 4.90 Å². The van der Waals surface area contributed by atoms with E-state index in [1.54, 1.807) is 0 Å². The maximum atomic E-state index is 5.75. The van der Waals surface area contributed by atoms with E-state index in [9.17, 15) is 0 Å². The Balaban J connectivity index is 0.00000144. The summed E-state index contributed by atoms with van der Waals surface area (Å²) in [5.74, 6) is 0.708. The van der Waals surface area contributed by atoms with Crippen molar-refractivity contribution < 1.29 is 0 Å². The number of halogens is 1. The smallest absolute Gasteiger partial charge is 0.0233 e. The van der Waals surface area contributed by atoms with Gasteiger partial charge in [-0.15, -0.1) is 12.4 Å². The lowest BCUT2D eigenvalue weighted by Crippen LogP contribution is -2.37. The molecule has 0 bridgehead atoms. The van der Waals surface area contributed by atoms with E-state index in [4.69, 9.17) is 5.73 Å². The average Bonchev–Trinajstić information content (AvgIpc) is 2.32. The van der Waals surface area contributed by atoms with Crippen LogP contribution in [0.3, 0.4) is 0 Å². The number of rotatable bonds is 3. The normalized spacial score (nSPS) is 20.9. The van der Waals surface area contributed by atoms with E-state index >= 15 is 0 Å². The highest BCUT2D eigenvalue weighted by Gasteiger charge is 2.18. The third-order valence-corrected chi connectivity index (χ3v) is 3.46. The van der Waals surface area contributed by atoms with Crippen LogP contribution in [-0.4, -0.2) is 24.5 Å². The predicted octanol–water partition coefficient (Wildman–Crippen LogP) is 2.59. The molecule has 1 aromatic carbocycles. The molecule has 2 N–H and O–H groups in total. The van der Waals surface area contributed by atoms with Gasteiger partial charge in [0.25, 0.3) is 0 Å². The minimum Gasteiger partial charge on any atom is -0.330 e. The molecule has 1 saturated heterocycles. The molecule has 1 unspecified atom stereocenters. The summed E-state index contributed by atoms with van der Waals surface area (Å²) in [5, 5.41) is 0. The number of nitrogens with zero attached hydrogens (tertiary/aromatic N) is 1. The average molecular weight is 255 g/mol. The Morgan fingerprint density at radius 3 is 2.65 bits per heavy atom. The van der Waals surface area contributed by atoms with E-state index in [1.165, 1.54) is 37.1 Å². The van der Waals surface area contributed by atoms with Gasteiger partial charge >= 0.3 is 0 Å². The number of benzene rings is 1. The van der Waals surface area contributed by atoms with Crippen LogP contribution in [-0.2, 0) is 6.54 Å². The summed E-state index contributed by atoms with van der Waals surface area (Å²) in [6.45, 7) is 6.45. The fourth-order valence-electron chi connectivity index (χ4n) is 2.44. The van der Waals surface area contributed by atoms with Crippen molar-refractivity contribution in [1.82, 2.24) is 4.90 Å². The molecule has 0 saturated carbocycles. The highest BCUT2D eigenvalue weighted by atomic mass is 35.5. The molecule has 1 atom stereocenters. The summed E-state index contributed by atoms with van der Waals surface area (Å²) in [5.41, 5.74) is 8.51. The van der Waals surface area contributed by atoms with E-state index in [0.717, 1.165) is 13.1 Å². The molecule has 1 aliphatic heterocycles. The second kappa shape index (κ2) is 7.00. The number of hydrogen-bond donors (Lipinski definition) is 1. The summed E-state index contributed by atoms with van der Waals surface area (Å²) in [6, 6.07) is 8.86. The summed E-state index contributed by atoms with van der Waals surface area (Å²) < 4.78 is 0. The van der Waals surface area contributed by atoms with Crippen LogP contribution in [0.5, 0.6) is 0 Å². The first-order valence-electron chi connectivity index (χ1n) is 6.26. The number of hydrogen-bond acceptors (Lipinski definition) is 2. The van der Waals surface area contributed by atoms with Gasteiger partial charge in [0.05, 0.1) is 0 Å². The fourth-order valence-corrected chi connectivity index (χ4v) is 2.44. The molecule has 0 aromatic heterocycles. The Labute approximate surface area is 111 Å². The van der Waals surface area contributed by atoms with Gasteiger partial charge in [0.1, 0.15) is 0 Å². The predicted molar refractivity (Wildman–Crippen MR) is 75.5 cm³/mol. The van der Waals surface area contributed by atoms with Gasteiger partial charge in [0.15, 0.2) is 0 Å². The van der Waals surface area contributed by atoms with E-state index in [0.29, 0.717) is 5.92 Å². The molecule has 96 valence electrons.